The zero-order chi connectivity index (χ0) is 24.2. The number of nitrogens with zero attached hydrogens (tertiary/aromatic N) is 4. The number of hydrogen-bond acceptors (Lipinski definition) is 7. The molecule has 0 bridgehead atoms. The Labute approximate surface area is 208 Å². The maximum absolute atomic E-state index is 13.0. The van der Waals surface area contributed by atoms with Crippen LogP contribution in [0.5, 0.6) is 17.4 Å². The van der Waals surface area contributed by atoms with Gasteiger partial charge in [-0.05, 0) is 42.5 Å². The van der Waals surface area contributed by atoms with Crippen LogP contribution in [0.25, 0.3) is 0 Å². The molecule has 35 heavy (non-hydrogen) atoms. The Bertz CT molecular complexity index is 1200. The Morgan fingerprint density at radius 1 is 1.06 bits per heavy atom. The highest BCUT2D eigenvalue weighted by Crippen LogP contribution is 2.32. The van der Waals surface area contributed by atoms with Crippen molar-refractivity contribution in [2.75, 3.05) is 50.2 Å². The Morgan fingerprint density at radius 2 is 1.83 bits per heavy atom. The Hall–Kier alpha value is -3.56. The highest BCUT2D eigenvalue weighted by Gasteiger charge is 2.28. The predicted octanol–water partition coefficient (Wildman–Crippen LogP) is 4.36. The number of hydrogen-bond donors (Lipinski definition) is 1. The molecule has 3 heterocycles. The van der Waals surface area contributed by atoms with Gasteiger partial charge in [0.1, 0.15) is 11.5 Å². The molecule has 1 fully saturated rings. The predicted molar refractivity (Wildman–Crippen MR) is 133 cm³/mol. The summed E-state index contributed by atoms with van der Waals surface area (Å²) >= 11 is 6.06. The highest BCUT2D eigenvalue weighted by molar-refractivity contribution is 6.30. The van der Waals surface area contributed by atoms with E-state index in [1.165, 1.54) is 0 Å². The van der Waals surface area contributed by atoms with Crippen molar-refractivity contribution >= 4 is 29.3 Å². The van der Waals surface area contributed by atoms with Crippen molar-refractivity contribution in [3.05, 3.63) is 64.8 Å². The maximum Gasteiger partial charge on any atom is 0.322 e. The van der Waals surface area contributed by atoms with E-state index in [4.69, 9.17) is 35.8 Å². The van der Waals surface area contributed by atoms with Gasteiger partial charge in [-0.1, -0.05) is 17.7 Å². The molecule has 2 aromatic carbocycles. The number of aromatic nitrogens is 2. The normalized spacial score (nSPS) is 15.4. The van der Waals surface area contributed by atoms with Crippen LogP contribution in [-0.2, 0) is 17.7 Å². The minimum atomic E-state index is -0.217. The quantitative estimate of drug-likeness (QED) is 0.562. The number of amides is 2. The molecule has 1 saturated heterocycles. The van der Waals surface area contributed by atoms with Crippen LogP contribution in [0.3, 0.4) is 0 Å². The number of carbonyl (C=O) groups is 1. The first-order valence-corrected chi connectivity index (χ1v) is 11.8. The van der Waals surface area contributed by atoms with E-state index in [0.717, 1.165) is 30.1 Å². The van der Waals surface area contributed by atoms with Gasteiger partial charge < -0.3 is 29.3 Å². The lowest BCUT2D eigenvalue weighted by Crippen LogP contribution is -2.41. The molecule has 0 spiro atoms. The maximum atomic E-state index is 13.0. The smallest absolute Gasteiger partial charge is 0.322 e. The second-order valence-electron chi connectivity index (χ2n) is 8.24. The molecule has 0 saturated carbocycles. The molecule has 182 valence electrons. The average Bonchev–Trinajstić information content (AvgIpc) is 2.89. The number of anilines is 2. The molecule has 0 atom stereocenters. The van der Waals surface area contributed by atoms with Crippen molar-refractivity contribution in [3.63, 3.8) is 0 Å². The third-order valence-electron chi connectivity index (χ3n) is 5.94. The Kier molecular flexibility index (Phi) is 6.87. The van der Waals surface area contributed by atoms with Crippen LogP contribution in [0, 0.1) is 0 Å². The van der Waals surface area contributed by atoms with Crippen molar-refractivity contribution in [1.29, 1.82) is 0 Å². The molecule has 9 nitrogen and oxygen atoms in total. The van der Waals surface area contributed by atoms with Crippen LogP contribution < -0.4 is 19.7 Å². The molecule has 2 amide bonds. The monoisotopic (exact) mass is 495 g/mol. The highest BCUT2D eigenvalue weighted by atomic mass is 35.5. The van der Waals surface area contributed by atoms with E-state index >= 15 is 0 Å². The van der Waals surface area contributed by atoms with Gasteiger partial charge in [0.15, 0.2) is 0 Å². The first-order valence-electron chi connectivity index (χ1n) is 11.4. The van der Waals surface area contributed by atoms with E-state index < -0.39 is 0 Å². The van der Waals surface area contributed by atoms with Gasteiger partial charge in [-0.15, -0.1) is 0 Å². The van der Waals surface area contributed by atoms with Crippen molar-refractivity contribution in [2.45, 2.75) is 13.0 Å². The number of carbonyl (C=O) groups excluding carboxylic acids is 1. The first-order chi connectivity index (χ1) is 17.1. The van der Waals surface area contributed by atoms with E-state index in [9.17, 15) is 4.79 Å². The zero-order valence-corrected chi connectivity index (χ0v) is 20.1. The minimum absolute atomic E-state index is 0.217. The molecule has 2 aliphatic rings. The molecule has 2 aliphatic heterocycles. The van der Waals surface area contributed by atoms with E-state index in [1.807, 2.05) is 24.3 Å². The van der Waals surface area contributed by atoms with E-state index in [1.54, 1.807) is 36.3 Å². The summed E-state index contributed by atoms with van der Waals surface area (Å²) in [6.45, 7) is 3.56. The minimum Gasteiger partial charge on any atom is -0.497 e. The zero-order valence-electron chi connectivity index (χ0n) is 19.4. The number of benzene rings is 2. The van der Waals surface area contributed by atoms with Crippen LogP contribution in [0.1, 0.15) is 11.3 Å². The third-order valence-corrected chi connectivity index (χ3v) is 6.18. The van der Waals surface area contributed by atoms with Crippen LogP contribution in [0.2, 0.25) is 5.02 Å². The fourth-order valence-electron chi connectivity index (χ4n) is 4.06. The first kappa shape index (κ1) is 23.2. The van der Waals surface area contributed by atoms with Gasteiger partial charge in [-0.25, -0.2) is 9.78 Å². The van der Waals surface area contributed by atoms with Crippen LogP contribution in [0.4, 0.5) is 16.4 Å². The largest absolute Gasteiger partial charge is 0.497 e. The second-order valence-corrected chi connectivity index (χ2v) is 8.68. The summed E-state index contributed by atoms with van der Waals surface area (Å²) in [6, 6.07) is 14.2. The van der Waals surface area contributed by atoms with Crippen molar-refractivity contribution in [1.82, 2.24) is 14.9 Å². The van der Waals surface area contributed by atoms with Gasteiger partial charge in [0.2, 0.25) is 11.8 Å². The summed E-state index contributed by atoms with van der Waals surface area (Å²) in [5.41, 5.74) is 2.32. The summed E-state index contributed by atoms with van der Waals surface area (Å²) in [6.07, 6.45) is 0.594. The molecule has 3 aromatic rings. The van der Waals surface area contributed by atoms with Gasteiger partial charge in [0.25, 0.3) is 0 Å². The molecule has 0 radical (unpaired) electrons. The summed E-state index contributed by atoms with van der Waals surface area (Å²) in [5, 5.41) is 3.47. The van der Waals surface area contributed by atoms with Crippen LogP contribution >= 0.6 is 11.6 Å². The molecule has 0 unspecified atom stereocenters. The van der Waals surface area contributed by atoms with Gasteiger partial charge in [-0.3, -0.25) is 0 Å². The molecule has 0 aliphatic carbocycles. The van der Waals surface area contributed by atoms with Gasteiger partial charge >= 0.3 is 6.03 Å². The summed E-state index contributed by atoms with van der Waals surface area (Å²) < 4.78 is 17.0. The molecular weight excluding hydrogens is 470 g/mol. The van der Waals surface area contributed by atoms with Crippen molar-refractivity contribution < 1.29 is 19.0 Å². The van der Waals surface area contributed by atoms with Gasteiger partial charge in [0, 0.05) is 36.8 Å². The number of morpholine rings is 1. The van der Waals surface area contributed by atoms with Gasteiger partial charge in [0.05, 0.1) is 38.1 Å². The number of ether oxygens (including phenoxy) is 3. The lowest BCUT2D eigenvalue weighted by molar-refractivity contribution is 0.122. The average molecular weight is 496 g/mol. The van der Waals surface area contributed by atoms with E-state index in [2.05, 4.69) is 10.2 Å². The summed E-state index contributed by atoms with van der Waals surface area (Å²) in [4.78, 5) is 26.4. The topological polar surface area (TPSA) is 89.1 Å². The lowest BCUT2D eigenvalue weighted by Gasteiger charge is -2.32. The van der Waals surface area contributed by atoms with Crippen molar-refractivity contribution in [3.8, 4) is 17.4 Å². The van der Waals surface area contributed by atoms with Crippen LogP contribution in [-0.4, -0.2) is 60.9 Å². The molecule has 1 N–H and O–H groups in total. The second kappa shape index (κ2) is 10.4. The number of halogens is 1. The molecular formula is C25H26ClN5O4. The number of rotatable bonds is 5. The van der Waals surface area contributed by atoms with Crippen LogP contribution in [0.15, 0.2) is 48.5 Å². The number of methoxy groups -OCH3 is 1. The number of urea groups is 1. The van der Waals surface area contributed by atoms with E-state index in [-0.39, 0.29) is 6.03 Å². The fraction of sp³-hybridized carbons (Fsp3) is 0.320. The molecule has 1 aromatic heterocycles. The molecule has 5 rings (SSSR count). The Morgan fingerprint density at radius 3 is 2.57 bits per heavy atom. The van der Waals surface area contributed by atoms with E-state index in [0.29, 0.717) is 61.0 Å². The summed E-state index contributed by atoms with van der Waals surface area (Å²) in [7, 11) is 1.62. The lowest BCUT2D eigenvalue weighted by atomic mass is 10.1. The number of fused-ring (bicyclic) bond motifs is 1. The standard InChI is InChI=1S/C25H26ClN5O4/c1-33-19-5-7-20(8-6-19)35-23-21-16-31(25(32)27-18-4-2-3-17(26)15-18)10-9-22(21)28-24(29-23)30-11-13-34-14-12-30/h2-8,15H,9-14,16H2,1H3,(H,27,32). The van der Waals surface area contributed by atoms with Crippen molar-refractivity contribution in [2.24, 2.45) is 0 Å². The molecule has 10 heteroatoms. The summed E-state index contributed by atoms with van der Waals surface area (Å²) in [5.74, 6) is 2.43. The fourth-order valence-corrected chi connectivity index (χ4v) is 4.25. The Balaban J connectivity index is 1.42. The number of nitrogens with one attached hydrogen (secondary N) is 1. The third kappa shape index (κ3) is 5.41. The SMILES string of the molecule is COc1ccc(Oc2nc(N3CCOCC3)nc3c2CN(C(=O)Nc2cccc(Cl)c2)CC3)cc1. The van der Waals surface area contributed by atoms with Gasteiger partial charge in [-0.2, -0.15) is 4.98 Å².